The highest BCUT2D eigenvalue weighted by Gasteiger charge is 2.12. The number of hydrogen-bond donors (Lipinski definition) is 1. The molecule has 0 spiro atoms. The third kappa shape index (κ3) is 1.86. The molecule has 2 rings (SSSR count). The van der Waals surface area contributed by atoms with Gasteiger partial charge in [0.1, 0.15) is 6.10 Å². The first-order valence-corrected chi connectivity index (χ1v) is 5.33. The Labute approximate surface area is 86.7 Å². The Morgan fingerprint density at radius 1 is 1.64 bits per heavy atom. The van der Waals surface area contributed by atoms with E-state index >= 15 is 0 Å². The largest absolute Gasteiger partial charge is 0.386 e. The fourth-order valence-electron chi connectivity index (χ4n) is 1.44. The molecular formula is C10H12N2OS. The van der Waals surface area contributed by atoms with Crippen LogP contribution in [0.3, 0.4) is 0 Å². The number of aliphatic hydroxyl groups excluding tert-OH is 1. The van der Waals surface area contributed by atoms with E-state index in [1.807, 2.05) is 35.3 Å². The first-order valence-electron chi connectivity index (χ1n) is 4.45. The van der Waals surface area contributed by atoms with Gasteiger partial charge in [-0.05, 0) is 12.1 Å². The van der Waals surface area contributed by atoms with E-state index in [2.05, 4.69) is 4.98 Å². The van der Waals surface area contributed by atoms with E-state index in [-0.39, 0.29) is 0 Å². The minimum Gasteiger partial charge on any atom is -0.386 e. The van der Waals surface area contributed by atoms with Crippen molar-refractivity contribution in [2.75, 3.05) is 0 Å². The lowest BCUT2D eigenvalue weighted by Gasteiger charge is -2.09. The first kappa shape index (κ1) is 9.43. The molecule has 74 valence electrons. The fourth-order valence-corrected chi connectivity index (χ4v) is 2.10. The van der Waals surface area contributed by atoms with Gasteiger partial charge in [0.15, 0.2) is 0 Å². The highest BCUT2D eigenvalue weighted by Crippen LogP contribution is 2.19. The fraction of sp³-hybridized carbons (Fsp3) is 0.300. The van der Waals surface area contributed by atoms with Gasteiger partial charge in [0, 0.05) is 36.9 Å². The molecule has 3 nitrogen and oxygen atoms in total. The van der Waals surface area contributed by atoms with Gasteiger partial charge in [0.25, 0.3) is 0 Å². The summed E-state index contributed by atoms with van der Waals surface area (Å²) < 4.78 is 1.93. The van der Waals surface area contributed by atoms with Crippen molar-refractivity contribution in [3.8, 4) is 0 Å². The van der Waals surface area contributed by atoms with Crippen LogP contribution in [0.1, 0.15) is 16.8 Å². The molecule has 2 heterocycles. The van der Waals surface area contributed by atoms with Crippen LogP contribution < -0.4 is 0 Å². The summed E-state index contributed by atoms with van der Waals surface area (Å²) in [6, 6.07) is 3.86. The molecule has 0 aliphatic rings. The van der Waals surface area contributed by atoms with Crippen LogP contribution in [-0.4, -0.2) is 14.7 Å². The van der Waals surface area contributed by atoms with Crippen LogP contribution in [-0.2, 0) is 13.5 Å². The molecule has 0 aliphatic carbocycles. The van der Waals surface area contributed by atoms with Gasteiger partial charge in [0.05, 0.1) is 5.01 Å². The van der Waals surface area contributed by atoms with Crippen molar-refractivity contribution in [1.29, 1.82) is 0 Å². The topological polar surface area (TPSA) is 38.0 Å². The van der Waals surface area contributed by atoms with E-state index in [1.54, 1.807) is 17.5 Å². The molecule has 0 fully saturated rings. The van der Waals surface area contributed by atoms with Crippen molar-refractivity contribution < 1.29 is 5.11 Å². The van der Waals surface area contributed by atoms with Crippen LogP contribution in [0.4, 0.5) is 0 Å². The average molecular weight is 208 g/mol. The summed E-state index contributed by atoms with van der Waals surface area (Å²) in [4.78, 5) is 4.15. The molecule has 2 aromatic heterocycles. The van der Waals surface area contributed by atoms with Gasteiger partial charge >= 0.3 is 0 Å². The van der Waals surface area contributed by atoms with E-state index in [0.717, 1.165) is 10.7 Å². The third-order valence-corrected chi connectivity index (χ3v) is 2.98. The molecule has 1 atom stereocenters. The van der Waals surface area contributed by atoms with Crippen LogP contribution in [0.25, 0.3) is 0 Å². The number of nitrogens with zero attached hydrogens (tertiary/aromatic N) is 2. The Morgan fingerprint density at radius 2 is 2.50 bits per heavy atom. The van der Waals surface area contributed by atoms with Crippen molar-refractivity contribution in [3.63, 3.8) is 0 Å². The van der Waals surface area contributed by atoms with Gasteiger partial charge in [-0.15, -0.1) is 11.3 Å². The van der Waals surface area contributed by atoms with Crippen molar-refractivity contribution in [3.05, 3.63) is 40.6 Å². The predicted octanol–water partition coefficient (Wildman–Crippen LogP) is 1.76. The van der Waals surface area contributed by atoms with Crippen LogP contribution in [0.15, 0.2) is 29.9 Å². The van der Waals surface area contributed by atoms with Crippen molar-refractivity contribution >= 4 is 11.3 Å². The lowest BCUT2D eigenvalue weighted by Crippen LogP contribution is -2.06. The molecule has 4 heteroatoms. The van der Waals surface area contributed by atoms with E-state index in [4.69, 9.17) is 0 Å². The second-order valence-corrected chi connectivity index (χ2v) is 4.17. The molecule has 0 aliphatic heterocycles. The molecule has 1 N–H and O–H groups in total. The zero-order valence-electron chi connectivity index (χ0n) is 7.92. The van der Waals surface area contributed by atoms with E-state index < -0.39 is 6.10 Å². The van der Waals surface area contributed by atoms with E-state index in [0.29, 0.717) is 6.42 Å². The first-order chi connectivity index (χ1) is 6.77. The van der Waals surface area contributed by atoms with Gasteiger partial charge in [0.2, 0.25) is 0 Å². The number of thiazole rings is 1. The van der Waals surface area contributed by atoms with Crippen LogP contribution >= 0.6 is 11.3 Å². The summed E-state index contributed by atoms with van der Waals surface area (Å²) in [5.41, 5.74) is 0.931. The molecule has 2 aromatic rings. The van der Waals surface area contributed by atoms with Gasteiger partial charge in [-0.25, -0.2) is 4.98 Å². The Hall–Kier alpha value is -1.13. The standard InChI is InChI=1S/C10H12N2OS/c1-12-5-2-3-8(12)9(13)7-10-11-4-6-14-10/h2-6,9,13H,7H2,1H3. The van der Waals surface area contributed by atoms with Crippen molar-refractivity contribution in [2.24, 2.45) is 7.05 Å². The number of aryl methyl sites for hydroxylation is 1. The zero-order chi connectivity index (χ0) is 9.97. The van der Waals surface area contributed by atoms with E-state index in [1.165, 1.54) is 0 Å². The maximum Gasteiger partial charge on any atom is 0.100 e. The molecular weight excluding hydrogens is 196 g/mol. The van der Waals surface area contributed by atoms with Crippen LogP contribution in [0, 0.1) is 0 Å². The minimum absolute atomic E-state index is 0.457. The maximum absolute atomic E-state index is 9.91. The Bertz CT molecular complexity index is 394. The quantitative estimate of drug-likeness (QED) is 0.834. The average Bonchev–Trinajstić information content (AvgIpc) is 2.75. The summed E-state index contributed by atoms with van der Waals surface area (Å²) >= 11 is 1.57. The smallest absolute Gasteiger partial charge is 0.100 e. The molecule has 0 radical (unpaired) electrons. The predicted molar refractivity (Wildman–Crippen MR) is 56.2 cm³/mol. The summed E-state index contributed by atoms with van der Waals surface area (Å²) in [7, 11) is 1.93. The van der Waals surface area contributed by atoms with Gasteiger partial charge < -0.3 is 9.67 Å². The third-order valence-electron chi connectivity index (χ3n) is 2.18. The van der Waals surface area contributed by atoms with Crippen LogP contribution in [0.2, 0.25) is 0 Å². The van der Waals surface area contributed by atoms with Gasteiger partial charge in [-0.2, -0.15) is 0 Å². The summed E-state index contributed by atoms with van der Waals surface area (Å²) in [6.07, 6.45) is 3.83. The Morgan fingerprint density at radius 3 is 3.07 bits per heavy atom. The SMILES string of the molecule is Cn1cccc1C(O)Cc1nccs1. The second-order valence-electron chi connectivity index (χ2n) is 3.19. The normalized spacial score (nSPS) is 13.0. The lowest BCUT2D eigenvalue weighted by molar-refractivity contribution is 0.170. The molecule has 1 unspecified atom stereocenters. The summed E-state index contributed by atoms with van der Waals surface area (Å²) in [5, 5.41) is 12.8. The zero-order valence-corrected chi connectivity index (χ0v) is 8.74. The Kier molecular flexibility index (Phi) is 2.65. The summed E-state index contributed by atoms with van der Waals surface area (Å²) in [5.74, 6) is 0. The molecule has 14 heavy (non-hydrogen) atoms. The molecule has 0 saturated carbocycles. The maximum atomic E-state index is 9.91. The lowest BCUT2D eigenvalue weighted by atomic mass is 10.2. The highest BCUT2D eigenvalue weighted by molar-refractivity contribution is 7.09. The monoisotopic (exact) mass is 208 g/mol. The number of rotatable bonds is 3. The second kappa shape index (κ2) is 3.94. The Balaban J connectivity index is 2.10. The van der Waals surface area contributed by atoms with Gasteiger partial charge in [-0.1, -0.05) is 0 Å². The van der Waals surface area contributed by atoms with Gasteiger partial charge in [-0.3, -0.25) is 0 Å². The highest BCUT2D eigenvalue weighted by atomic mass is 32.1. The number of hydrogen-bond acceptors (Lipinski definition) is 3. The van der Waals surface area contributed by atoms with Crippen LogP contribution in [0.5, 0.6) is 0 Å². The molecule has 0 amide bonds. The van der Waals surface area contributed by atoms with E-state index in [9.17, 15) is 5.11 Å². The van der Waals surface area contributed by atoms with Crippen molar-refractivity contribution in [2.45, 2.75) is 12.5 Å². The molecule has 0 bridgehead atoms. The van der Waals surface area contributed by atoms with Crippen molar-refractivity contribution in [1.82, 2.24) is 9.55 Å². The number of aromatic nitrogens is 2. The number of aliphatic hydroxyl groups is 1. The molecule has 0 aromatic carbocycles. The minimum atomic E-state index is -0.457. The molecule has 0 saturated heterocycles. The summed E-state index contributed by atoms with van der Waals surface area (Å²) in [6.45, 7) is 0.